The van der Waals surface area contributed by atoms with Crippen LogP contribution in [0.3, 0.4) is 0 Å². The van der Waals surface area contributed by atoms with Crippen LogP contribution in [-0.2, 0) is 4.79 Å². The Bertz CT molecular complexity index is 438. The maximum atomic E-state index is 10.3. The average Bonchev–Trinajstić information content (AvgIpc) is 2.61. The highest BCUT2D eigenvalue weighted by Gasteiger charge is 2.01. The number of rotatable bonds is 14. The Labute approximate surface area is 164 Å². The zero-order chi connectivity index (χ0) is 20.8. The number of unbranched alkanes of at least 4 members (excludes halogenated alkanes) is 3. The minimum absolute atomic E-state index is 0.0778. The predicted molar refractivity (Wildman–Crippen MR) is 112 cm³/mol. The van der Waals surface area contributed by atoms with E-state index in [1.54, 1.807) is 43.4 Å². The van der Waals surface area contributed by atoms with Crippen molar-refractivity contribution in [2.24, 2.45) is 0 Å². The van der Waals surface area contributed by atoms with Gasteiger partial charge in [-0.3, -0.25) is 4.79 Å². The molecule has 0 heterocycles. The Morgan fingerprint density at radius 2 is 1.48 bits per heavy atom. The Morgan fingerprint density at radius 1 is 0.889 bits per heavy atom. The molecule has 0 rings (SSSR count). The lowest BCUT2D eigenvalue weighted by Gasteiger charge is -2.02. The maximum absolute atomic E-state index is 10.3. The van der Waals surface area contributed by atoms with Crippen LogP contribution in [0.4, 0.5) is 0 Å². The highest BCUT2D eigenvalue weighted by Crippen LogP contribution is 2.03. The van der Waals surface area contributed by atoms with Gasteiger partial charge in [-0.1, -0.05) is 68.4 Å². The number of carboxylic acids is 1. The van der Waals surface area contributed by atoms with Gasteiger partial charge in [0.25, 0.3) is 0 Å². The lowest BCUT2D eigenvalue weighted by Crippen LogP contribution is -2.03. The molecule has 0 aromatic heterocycles. The first-order valence-electron chi connectivity index (χ1n) is 9.83. The molecule has 0 aliphatic carbocycles. The molecule has 5 heteroatoms. The molecule has 0 bridgehead atoms. The predicted octanol–water partition coefficient (Wildman–Crippen LogP) is 4.16. The van der Waals surface area contributed by atoms with Crippen molar-refractivity contribution >= 4 is 5.97 Å². The second-order valence-electron chi connectivity index (χ2n) is 6.09. The largest absolute Gasteiger partial charge is 0.481 e. The number of aliphatic hydroxyl groups is 3. The van der Waals surface area contributed by atoms with Gasteiger partial charge in [0.15, 0.2) is 0 Å². The summed E-state index contributed by atoms with van der Waals surface area (Å²) in [7, 11) is 0. The van der Waals surface area contributed by atoms with E-state index in [1.807, 2.05) is 6.08 Å². The quantitative estimate of drug-likeness (QED) is 0.205. The molecule has 0 saturated heterocycles. The number of carboxylic acid groups (broad SMARTS) is 1. The number of aliphatic carboxylic acids is 1. The third kappa shape index (κ3) is 26.6. The molecule has 0 aliphatic heterocycles. The summed E-state index contributed by atoms with van der Waals surface area (Å²) < 4.78 is 0. The number of allylic oxidation sites excluding steroid dienone is 5. The molecule has 0 aliphatic rings. The highest BCUT2D eigenvalue weighted by molar-refractivity contribution is 5.66. The zero-order valence-corrected chi connectivity index (χ0v) is 16.8. The number of hydrogen-bond acceptors (Lipinski definition) is 4. The lowest BCUT2D eigenvalue weighted by molar-refractivity contribution is -0.137. The van der Waals surface area contributed by atoms with Gasteiger partial charge in [-0.05, 0) is 39.0 Å². The fraction of sp³-hybridized carbons (Fsp3) is 0.591. The van der Waals surface area contributed by atoms with Crippen molar-refractivity contribution in [3.63, 3.8) is 0 Å². The lowest BCUT2D eigenvalue weighted by atomic mass is 10.1. The van der Waals surface area contributed by atoms with Gasteiger partial charge in [0.2, 0.25) is 0 Å². The van der Waals surface area contributed by atoms with E-state index in [0.29, 0.717) is 19.3 Å². The Balaban J connectivity index is 0. The molecule has 5 nitrogen and oxygen atoms in total. The van der Waals surface area contributed by atoms with Crippen LogP contribution < -0.4 is 0 Å². The number of carbonyl (C=O) groups is 1. The van der Waals surface area contributed by atoms with E-state index in [4.69, 9.17) is 10.2 Å². The Morgan fingerprint density at radius 3 is 2.04 bits per heavy atom. The van der Waals surface area contributed by atoms with E-state index in [9.17, 15) is 15.0 Å². The van der Waals surface area contributed by atoms with Crippen molar-refractivity contribution in [3.8, 4) is 0 Å². The van der Waals surface area contributed by atoms with Crippen molar-refractivity contribution in [1.29, 1.82) is 0 Å². The van der Waals surface area contributed by atoms with Crippen LogP contribution in [0, 0.1) is 0 Å². The molecule has 156 valence electrons. The fourth-order valence-electron chi connectivity index (χ4n) is 2.02. The summed E-state index contributed by atoms with van der Waals surface area (Å²) in [5.74, 6) is -0.842. The molecule has 0 aromatic carbocycles. The second kappa shape index (κ2) is 22.4. The van der Waals surface area contributed by atoms with Crippen molar-refractivity contribution in [1.82, 2.24) is 0 Å². The van der Waals surface area contributed by atoms with Crippen molar-refractivity contribution in [2.45, 2.75) is 77.4 Å². The Hall–Kier alpha value is -1.69. The molecule has 0 fully saturated rings. The number of hydrogen-bond donors (Lipinski definition) is 4. The zero-order valence-electron chi connectivity index (χ0n) is 16.8. The van der Waals surface area contributed by atoms with Gasteiger partial charge in [0, 0.05) is 13.0 Å². The molecule has 2 atom stereocenters. The second-order valence-corrected chi connectivity index (χ2v) is 6.09. The average molecular weight is 383 g/mol. The van der Waals surface area contributed by atoms with Gasteiger partial charge >= 0.3 is 5.97 Å². The summed E-state index contributed by atoms with van der Waals surface area (Å²) in [6.07, 6.45) is 19.8. The smallest absolute Gasteiger partial charge is 0.303 e. The molecule has 27 heavy (non-hydrogen) atoms. The first kappa shape index (κ1) is 27.5. The first-order chi connectivity index (χ1) is 13.0. The minimum atomic E-state index is -0.842. The van der Waals surface area contributed by atoms with Crippen LogP contribution in [0.2, 0.25) is 0 Å². The van der Waals surface area contributed by atoms with Crippen LogP contribution in [-0.4, -0.2) is 45.2 Å². The molecule has 0 aromatic rings. The van der Waals surface area contributed by atoms with Gasteiger partial charge in [-0.25, -0.2) is 0 Å². The molecule has 0 saturated carbocycles. The molecular weight excluding hydrogens is 344 g/mol. The standard InChI is InChI=1S/C20H32O4.C2H6O/c1-2-3-4-5-6-9-13-18(21)14-10-7-8-11-15-19(22)16-12-17-20(23)24;1-2-3/h6-11,14-15,18-19,21-22H,2-5,12-13,16-17H2,1H3,(H,23,24);3H,2H2,1H3/b8-7-,9-6-,14-10+,15-11+;/t18-,19-;/m1./s1. The highest BCUT2D eigenvalue weighted by atomic mass is 16.4. The van der Waals surface area contributed by atoms with Crippen molar-refractivity contribution in [3.05, 3.63) is 48.6 Å². The van der Waals surface area contributed by atoms with Crippen LogP contribution in [0.15, 0.2) is 48.6 Å². The van der Waals surface area contributed by atoms with E-state index in [2.05, 4.69) is 13.0 Å². The van der Waals surface area contributed by atoms with Gasteiger partial charge < -0.3 is 20.4 Å². The summed E-state index contributed by atoms with van der Waals surface area (Å²) in [6, 6.07) is 0. The van der Waals surface area contributed by atoms with Crippen molar-refractivity contribution < 1.29 is 25.2 Å². The van der Waals surface area contributed by atoms with E-state index < -0.39 is 18.2 Å². The van der Waals surface area contributed by atoms with E-state index >= 15 is 0 Å². The van der Waals surface area contributed by atoms with Crippen LogP contribution >= 0.6 is 0 Å². The first-order valence-corrected chi connectivity index (χ1v) is 9.83. The topological polar surface area (TPSA) is 98.0 Å². The summed E-state index contributed by atoms with van der Waals surface area (Å²) >= 11 is 0. The monoisotopic (exact) mass is 382 g/mol. The minimum Gasteiger partial charge on any atom is -0.481 e. The third-order valence-electron chi connectivity index (χ3n) is 3.41. The van der Waals surface area contributed by atoms with Gasteiger partial charge in [0.1, 0.15) is 0 Å². The Kier molecular flexibility index (Phi) is 22.8. The SMILES string of the molecule is CCCCC/C=C\C[C@@H](O)/C=C/C=C\C=C\[C@@H](O)CCCC(=O)O.CCO. The molecule has 0 unspecified atom stereocenters. The summed E-state index contributed by atoms with van der Waals surface area (Å²) in [5.41, 5.74) is 0. The van der Waals surface area contributed by atoms with Gasteiger partial charge in [-0.15, -0.1) is 0 Å². The molecule has 0 amide bonds. The third-order valence-corrected chi connectivity index (χ3v) is 3.41. The van der Waals surface area contributed by atoms with Crippen LogP contribution in [0.5, 0.6) is 0 Å². The van der Waals surface area contributed by atoms with Gasteiger partial charge in [0.05, 0.1) is 12.2 Å². The number of aliphatic hydroxyl groups excluding tert-OH is 3. The fourth-order valence-corrected chi connectivity index (χ4v) is 2.02. The van der Waals surface area contributed by atoms with Crippen LogP contribution in [0.1, 0.15) is 65.2 Å². The molecule has 0 spiro atoms. The van der Waals surface area contributed by atoms with Gasteiger partial charge in [-0.2, -0.15) is 0 Å². The van der Waals surface area contributed by atoms with Crippen LogP contribution in [0.25, 0.3) is 0 Å². The summed E-state index contributed by atoms with van der Waals surface area (Å²) in [6.45, 7) is 4.11. The summed E-state index contributed by atoms with van der Waals surface area (Å²) in [4.78, 5) is 10.3. The van der Waals surface area contributed by atoms with Crippen molar-refractivity contribution in [2.75, 3.05) is 6.61 Å². The normalized spacial score (nSPS) is 14.1. The summed E-state index contributed by atoms with van der Waals surface area (Å²) in [5, 5.41) is 35.4. The molecule has 0 radical (unpaired) electrons. The molecule has 4 N–H and O–H groups in total. The van der Waals surface area contributed by atoms with E-state index in [1.165, 1.54) is 19.3 Å². The molecular formula is C22H38O5. The van der Waals surface area contributed by atoms with E-state index in [-0.39, 0.29) is 13.0 Å². The maximum Gasteiger partial charge on any atom is 0.303 e. The van der Waals surface area contributed by atoms with E-state index in [0.717, 1.165) is 6.42 Å².